The van der Waals surface area contributed by atoms with E-state index in [2.05, 4.69) is 32.9 Å². The molecule has 0 aliphatic carbocycles. The van der Waals surface area contributed by atoms with Crippen molar-refractivity contribution >= 4 is 34.3 Å². The van der Waals surface area contributed by atoms with Gasteiger partial charge in [0, 0.05) is 16.9 Å². The molecule has 0 spiro atoms. The summed E-state index contributed by atoms with van der Waals surface area (Å²) in [6.45, 7) is 5.33. The number of nitrogens with zero attached hydrogens (tertiary/aromatic N) is 1. The Morgan fingerprint density at radius 1 is 1.56 bits per heavy atom. The van der Waals surface area contributed by atoms with Gasteiger partial charge < -0.3 is 10.1 Å². The number of aromatic nitrogens is 1. The molecule has 1 N–H and O–H groups in total. The molecule has 1 rings (SSSR count). The van der Waals surface area contributed by atoms with E-state index in [4.69, 9.17) is 4.74 Å². The first kappa shape index (κ1) is 13.4. The van der Waals surface area contributed by atoms with Gasteiger partial charge in [0.05, 0.1) is 0 Å². The maximum absolute atomic E-state index is 11.8. The number of methoxy groups -OCH3 is 1. The molecule has 1 aromatic rings. The van der Waals surface area contributed by atoms with Crippen LogP contribution in [0, 0.1) is 10.5 Å². The molecule has 0 saturated heterocycles. The largest absolute Gasteiger partial charge is 0.369 e. The lowest BCUT2D eigenvalue weighted by Crippen LogP contribution is -2.39. The van der Waals surface area contributed by atoms with Crippen LogP contribution in [0.5, 0.6) is 0 Å². The summed E-state index contributed by atoms with van der Waals surface area (Å²) in [6.07, 6.45) is 1.71. The van der Waals surface area contributed by atoms with Crippen LogP contribution in [0.25, 0.3) is 0 Å². The van der Waals surface area contributed by atoms with Crippen molar-refractivity contribution in [2.45, 2.75) is 26.4 Å². The van der Waals surface area contributed by atoms with Gasteiger partial charge in [-0.05, 0) is 55.0 Å². The number of aryl methyl sites for hydroxylation is 1. The molecule has 4 nitrogen and oxygen atoms in total. The number of hydrogen-bond acceptors (Lipinski definition) is 3. The second-order valence-corrected chi connectivity index (χ2v) is 5.23. The predicted molar refractivity (Wildman–Crippen MR) is 71.4 cm³/mol. The topological polar surface area (TPSA) is 51.2 Å². The van der Waals surface area contributed by atoms with Crippen LogP contribution >= 0.6 is 22.6 Å². The summed E-state index contributed by atoms with van der Waals surface area (Å²) >= 11 is 2.18. The zero-order chi connectivity index (χ0) is 12.3. The molecule has 0 unspecified atom stereocenters. The number of amides is 1. The molecule has 0 atom stereocenters. The third-order valence-corrected chi connectivity index (χ3v) is 2.92. The molecule has 0 bridgehead atoms. The van der Waals surface area contributed by atoms with E-state index >= 15 is 0 Å². The van der Waals surface area contributed by atoms with Crippen LogP contribution < -0.4 is 5.32 Å². The Kier molecular flexibility index (Phi) is 4.26. The maximum Gasteiger partial charge on any atom is 0.257 e. The molecule has 5 heteroatoms. The number of hydrogen-bond donors (Lipinski definition) is 1. The second kappa shape index (κ2) is 5.09. The average molecular weight is 334 g/mol. The molecular weight excluding hydrogens is 319 g/mol. The van der Waals surface area contributed by atoms with Crippen LogP contribution in [0.4, 0.5) is 5.82 Å². The fraction of sp³-hybridized carbons (Fsp3) is 0.455. The van der Waals surface area contributed by atoms with Crippen molar-refractivity contribution in [2.75, 3.05) is 12.4 Å². The van der Waals surface area contributed by atoms with E-state index < -0.39 is 5.60 Å². The molecule has 1 amide bonds. The van der Waals surface area contributed by atoms with E-state index in [1.807, 2.05) is 13.0 Å². The van der Waals surface area contributed by atoms with E-state index in [9.17, 15) is 4.79 Å². The minimum atomic E-state index is -0.850. The standard InChI is InChI=1S/C11H15IN2O2/c1-7-5-8(12)6-13-9(7)14-10(15)11(2,3)16-4/h5-6H,1-4H3,(H,13,14,15). The summed E-state index contributed by atoms with van der Waals surface area (Å²) in [5.41, 5.74) is 0.0871. The van der Waals surface area contributed by atoms with E-state index in [0.717, 1.165) is 9.13 Å². The number of pyridine rings is 1. The van der Waals surface area contributed by atoms with Gasteiger partial charge in [-0.15, -0.1) is 0 Å². The third kappa shape index (κ3) is 3.15. The fourth-order valence-corrected chi connectivity index (χ4v) is 1.63. The normalized spacial score (nSPS) is 11.3. The van der Waals surface area contributed by atoms with Gasteiger partial charge in [-0.25, -0.2) is 4.98 Å². The summed E-state index contributed by atoms with van der Waals surface area (Å²) in [7, 11) is 1.51. The first-order valence-corrected chi connectivity index (χ1v) is 5.93. The van der Waals surface area contributed by atoms with Gasteiger partial charge in [-0.3, -0.25) is 4.79 Å². The lowest BCUT2D eigenvalue weighted by molar-refractivity contribution is -0.133. The first-order valence-electron chi connectivity index (χ1n) is 4.85. The van der Waals surface area contributed by atoms with Gasteiger partial charge in [0.15, 0.2) is 0 Å². The molecule has 0 aliphatic rings. The highest BCUT2D eigenvalue weighted by molar-refractivity contribution is 14.1. The Bertz CT molecular complexity index is 405. The van der Waals surface area contributed by atoms with Gasteiger partial charge in [0.25, 0.3) is 5.91 Å². The highest BCUT2D eigenvalue weighted by Gasteiger charge is 2.27. The molecule has 16 heavy (non-hydrogen) atoms. The van der Waals surface area contributed by atoms with E-state index in [0.29, 0.717) is 5.82 Å². The Morgan fingerprint density at radius 2 is 2.19 bits per heavy atom. The molecule has 1 aromatic heterocycles. The fourth-order valence-electron chi connectivity index (χ4n) is 1.02. The Hall–Kier alpha value is -0.690. The maximum atomic E-state index is 11.8. The van der Waals surface area contributed by atoms with Crippen LogP contribution in [0.15, 0.2) is 12.3 Å². The van der Waals surface area contributed by atoms with Crippen molar-refractivity contribution in [3.05, 3.63) is 21.4 Å². The molecule has 0 aliphatic heterocycles. The van der Waals surface area contributed by atoms with Crippen LogP contribution in [-0.2, 0) is 9.53 Å². The van der Waals surface area contributed by atoms with Crippen LogP contribution in [0.1, 0.15) is 19.4 Å². The number of ether oxygens (including phenoxy) is 1. The van der Waals surface area contributed by atoms with Gasteiger partial charge in [-0.1, -0.05) is 0 Å². The second-order valence-electron chi connectivity index (χ2n) is 3.99. The van der Waals surface area contributed by atoms with E-state index in [1.54, 1.807) is 20.0 Å². The SMILES string of the molecule is COC(C)(C)C(=O)Nc1ncc(I)cc1C. The Balaban J connectivity index is 2.85. The Morgan fingerprint density at radius 3 is 2.69 bits per heavy atom. The summed E-state index contributed by atoms with van der Waals surface area (Å²) < 4.78 is 6.13. The summed E-state index contributed by atoms with van der Waals surface area (Å²) in [6, 6.07) is 1.96. The van der Waals surface area contributed by atoms with Crippen molar-refractivity contribution in [1.29, 1.82) is 0 Å². The minimum absolute atomic E-state index is 0.202. The zero-order valence-corrected chi connectivity index (χ0v) is 12.0. The van der Waals surface area contributed by atoms with Gasteiger partial charge >= 0.3 is 0 Å². The lowest BCUT2D eigenvalue weighted by atomic mass is 10.1. The van der Waals surface area contributed by atoms with Crippen LogP contribution in [-0.4, -0.2) is 23.6 Å². The number of halogens is 1. The average Bonchev–Trinajstić information content (AvgIpc) is 2.22. The highest BCUT2D eigenvalue weighted by atomic mass is 127. The number of rotatable bonds is 3. The van der Waals surface area contributed by atoms with E-state index in [1.165, 1.54) is 7.11 Å². The molecule has 88 valence electrons. The number of carbonyl (C=O) groups is 1. The van der Waals surface area contributed by atoms with Crippen molar-refractivity contribution in [3.63, 3.8) is 0 Å². The van der Waals surface area contributed by atoms with Gasteiger partial charge in [0.2, 0.25) is 0 Å². The molecule has 0 aromatic carbocycles. The summed E-state index contributed by atoms with van der Waals surface area (Å²) in [5.74, 6) is 0.377. The zero-order valence-electron chi connectivity index (χ0n) is 9.80. The summed E-state index contributed by atoms with van der Waals surface area (Å²) in [5, 5.41) is 2.75. The number of anilines is 1. The monoisotopic (exact) mass is 334 g/mol. The van der Waals surface area contributed by atoms with Crippen molar-refractivity contribution in [2.24, 2.45) is 0 Å². The summed E-state index contributed by atoms with van der Waals surface area (Å²) in [4.78, 5) is 16.0. The smallest absolute Gasteiger partial charge is 0.257 e. The first-order chi connectivity index (χ1) is 7.36. The highest BCUT2D eigenvalue weighted by Crippen LogP contribution is 2.17. The molecule has 0 saturated carbocycles. The Labute approximate surface area is 109 Å². The molecule has 0 fully saturated rings. The van der Waals surface area contributed by atoms with Crippen molar-refractivity contribution in [1.82, 2.24) is 4.98 Å². The third-order valence-electron chi connectivity index (χ3n) is 2.33. The van der Waals surface area contributed by atoms with Gasteiger partial charge in [0.1, 0.15) is 11.4 Å². The van der Waals surface area contributed by atoms with Crippen molar-refractivity contribution in [3.8, 4) is 0 Å². The molecular formula is C11H15IN2O2. The number of nitrogens with one attached hydrogen (secondary N) is 1. The molecule has 1 heterocycles. The predicted octanol–water partition coefficient (Wildman–Crippen LogP) is 2.36. The van der Waals surface area contributed by atoms with Crippen LogP contribution in [0.3, 0.4) is 0 Å². The lowest BCUT2D eigenvalue weighted by Gasteiger charge is -2.21. The van der Waals surface area contributed by atoms with Crippen molar-refractivity contribution < 1.29 is 9.53 Å². The number of carbonyl (C=O) groups excluding carboxylic acids is 1. The van der Waals surface area contributed by atoms with E-state index in [-0.39, 0.29) is 5.91 Å². The minimum Gasteiger partial charge on any atom is -0.369 e. The van der Waals surface area contributed by atoms with Crippen LogP contribution in [0.2, 0.25) is 0 Å². The van der Waals surface area contributed by atoms with Gasteiger partial charge in [-0.2, -0.15) is 0 Å². The quantitative estimate of drug-likeness (QED) is 0.864. The molecule has 0 radical (unpaired) electrons.